The molecule has 2 aromatic carbocycles. The Labute approximate surface area is 233 Å². The molecule has 12 heteroatoms. The van der Waals surface area contributed by atoms with Gasteiger partial charge in [-0.05, 0) is 43.2 Å². The summed E-state index contributed by atoms with van der Waals surface area (Å²) >= 11 is 0. The second-order valence-electron chi connectivity index (χ2n) is 9.78. The molecule has 0 aliphatic carbocycles. The fraction of sp³-hybridized carbons (Fsp3) is 0.379. The summed E-state index contributed by atoms with van der Waals surface area (Å²) in [6.45, 7) is 0.694. The van der Waals surface area contributed by atoms with Crippen molar-refractivity contribution >= 4 is 16.8 Å². The molecule has 0 spiro atoms. The third kappa shape index (κ3) is 5.78. The van der Waals surface area contributed by atoms with Crippen LogP contribution in [0.25, 0.3) is 11.0 Å². The normalized spacial score (nSPS) is 22.6. The molecule has 1 saturated heterocycles. The zero-order valence-corrected chi connectivity index (χ0v) is 22.3. The van der Waals surface area contributed by atoms with Crippen molar-refractivity contribution < 1.29 is 52.7 Å². The predicted octanol–water partition coefficient (Wildman–Crippen LogP) is 2.21. The van der Waals surface area contributed by atoms with Crippen molar-refractivity contribution in [3.05, 3.63) is 81.5 Å². The third-order valence-electron chi connectivity index (χ3n) is 7.18. The summed E-state index contributed by atoms with van der Waals surface area (Å²) in [5.74, 6) is -0.583. The van der Waals surface area contributed by atoms with Crippen LogP contribution in [-0.4, -0.2) is 64.3 Å². The van der Waals surface area contributed by atoms with Gasteiger partial charge in [0.15, 0.2) is 17.3 Å². The van der Waals surface area contributed by atoms with Gasteiger partial charge in [-0.15, -0.1) is 0 Å². The van der Waals surface area contributed by atoms with E-state index in [1.165, 1.54) is 26.2 Å². The number of rotatable bonds is 10. The summed E-state index contributed by atoms with van der Waals surface area (Å²) in [7, 11) is 1.36. The minimum Gasteiger partial charge on any atom is -0.496 e. The molecule has 5 atom stereocenters. The molecular formula is C29H30O12. The predicted molar refractivity (Wildman–Crippen MR) is 141 cm³/mol. The molecule has 1 aliphatic rings. The number of aryl methyl sites for hydroxylation is 2. The fourth-order valence-electron chi connectivity index (χ4n) is 4.89. The molecule has 5 unspecified atom stereocenters. The first kappa shape index (κ1) is 28.6. The minimum absolute atomic E-state index is 0.0833. The van der Waals surface area contributed by atoms with E-state index >= 15 is 0 Å². The Hall–Kier alpha value is -3.94. The summed E-state index contributed by atoms with van der Waals surface area (Å²) in [5.41, 5.74) is 1.96. The number of fused-ring (bicyclic) bond motifs is 1. The molecule has 0 amide bonds. The Balaban J connectivity index is 1.49. The van der Waals surface area contributed by atoms with Crippen LogP contribution in [0.1, 0.15) is 45.5 Å². The minimum atomic E-state index is -1.63. The number of benzene rings is 2. The van der Waals surface area contributed by atoms with E-state index in [0.29, 0.717) is 6.42 Å². The van der Waals surface area contributed by atoms with Gasteiger partial charge in [-0.3, -0.25) is 4.79 Å². The average Bonchev–Trinajstić information content (AvgIpc) is 3.57. The number of carbonyl (C=O) groups excluding carboxylic acids is 1. The van der Waals surface area contributed by atoms with Gasteiger partial charge < -0.3 is 47.9 Å². The first-order valence-corrected chi connectivity index (χ1v) is 12.9. The molecular weight excluding hydrogens is 540 g/mol. The van der Waals surface area contributed by atoms with Crippen molar-refractivity contribution in [3.63, 3.8) is 0 Å². The van der Waals surface area contributed by atoms with Crippen LogP contribution in [0.5, 0.6) is 11.5 Å². The first-order chi connectivity index (χ1) is 19.7. The zero-order valence-electron chi connectivity index (χ0n) is 22.3. The molecule has 0 saturated carbocycles. The molecule has 12 nitrogen and oxygen atoms in total. The lowest BCUT2D eigenvalue weighted by atomic mass is 9.89. The van der Waals surface area contributed by atoms with Gasteiger partial charge in [0, 0.05) is 23.4 Å². The number of hydrogen-bond donors (Lipinski definition) is 4. The molecule has 0 bridgehead atoms. The molecule has 5 rings (SSSR count). The number of aliphatic hydroxyl groups is 4. The Kier molecular flexibility index (Phi) is 8.29. The topological polar surface area (TPSA) is 182 Å². The SMILES string of the molecule is COc1cc(OCc2oc(=O)oc2C)c(C(=O)CCc2ccc3occc3c2)cc1C1OC(CO)C(O)C(O)C1O. The van der Waals surface area contributed by atoms with Crippen molar-refractivity contribution in [2.24, 2.45) is 0 Å². The monoisotopic (exact) mass is 570 g/mol. The molecule has 2 aromatic heterocycles. The van der Waals surface area contributed by atoms with E-state index in [1.807, 2.05) is 24.3 Å². The van der Waals surface area contributed by atoms with Crippen LogP contribution in [-0.2, 0) is 17.8 Å². The van der Waals surface area contributed by atoms with Gasteiger partial charge in [0.2, 0.25) is 0 Å². The number of methoxy groups -OCH3 is 1. The number of hydrogen-bond acceptors (Lipinski definition) is 12. The second-order valence-corrected chi connectivity index (χ2v) is 9.78. The summed E-state index contributed by atoms with van der Waals surface area (Å²) in [6, 6.07) is 10.3. The van der Waals surface area contributed by atoms with E-state index in [1.54, 1.807) is 6.26 Å². The van der Waals surface area contributed by atoms with Crippen LogP contribution in [0, 0.1) is 6.92 Å². The van der Waals surface area contributed by atoms with E-state index in [0.717, 1.165) is 16.5 Å². The van der Waals surface area contributed by atoms with E-state index < -0.39 is 42.9 Å². The smallest absolute Gasteiger partial charge is 0.496 e. The molecule has 4 N–H and O–H groups in total. The molecule has 1 aliphatic heterocycles. The highest BCUT2D eigenvalue weighted by Gasteiger charge is 2.45. The van der Waals surface area contributed by atoms with Crippen molar-refractivity contribution in [2.45, 2.75) is 56.9 Å². The lowest BCUT2D eigenvalue weighted by Crippen LogP contribution is -2.55. The summed E-state index contributed by atoms with van der Waals surface area (Å²) in [4.78, 5) is 25.1. The van der Waals surface area contributed by atoms with Crippen molar-refractivity contribution in [3.8, 4) is 11.5 Å². The van der Waals surface area contributed by atoms with Crippen molar-refractivity contribution in [2.75, 3.05) is 13.7 Å². The standard InChI is InChI=1S/C29H30O12/c1-14-24(41-29(35)39-14)13-38-22-11-21(36-2)18(28-27(34)26(33)25(32)23(12-30)40-28)10-17(22)19(31)5-3-15-4-6-20-16(9-15)7-8-37-20/h4,6-11,23,25-28,30,32-34H,3,5,12-13H2,1-2H3. The van der Waals surface area contributed by atoms with Crippen LogP contribution in [0.15, 0.2) is 60.7 Å². The van der Waals surface area contributed by atoms with Gasteiger partial charge in [0.05, 0.1) is 25.5 Å². The van der Waals surface area contributed by atoms with Crippen LogP contribution in [0.4, 0.5) is 0 Å². The van der Waals surface area contributed by atoms with E-state index in [4.69, 9.17) is 27.5 Å². The lowest BCUT2D eigenvalue weighted by molar-refractivity contribution is -0.232. The van der Waals surface area contributed by atoms with Crippen molar-refractivity contribution in [1.82, 2.24) is 0 Å². The molecule has 3 heterocycles. The molecule has 4 aromatic rings. The van der Waals surface area contributed by atoms with Crippen LogP contribution in [0.2, 0.25) is 0 Å². The van der Waals surface area contributed by atoms with E-state index in [2.05, 4.69) is 0 Å². The molecule has 1 fully saturated rings. The van der Waals surface area contributed by atoms with Gasteiger partial charge >= 0.3 is 5.82 Å². The van der Waals surface area contributed by atoms with Gasteiger partial charge in [-0.1, -0.05) is 6.07 Å². The maximum absolute atomic E-state index is 13.6. The number of carbonyl (C=O) groups is 1. The lowest BCUT2D eigenvalue weighted by Gasteiger charge is -2.40. The number of aliphatic hydroxyl groups excluding tert-OH is 4. The average molecular weight is 571 g/mol. The largest absolute Gasteiger partial charge is 0.519 e. The highest BCUT2D eigenvalue weighted by atomic mass is 16.6. The highest BCUT2D eigenvalue weighted by molar-refractivity contribution is 5.99. The van der Waals surface area contributed by atoms with Gasteiger partial charge in [0.25, 0.3) is 0 Å². The number of furan rings is 1. The zero-order chi connectivity index (χ0) is 29.3. The molecule has 41 heavy (non-hydrogen) atoms. The quantitative estimate of drug-likeness (QED) is 0.204. The Morgan fingerprint density at radius 2 is 1.80 bits per heavy atom. The molecule has 218 valence electrons. The van der Waals surface area contributed by atoms with Gasteiger partial charge in [0.1, 0.15) is 54.2 Å². The van der Waals surface area contributed by atoms with Crippen LogP contribution < -0.4 is 15.3 Å². The van der Waals surface area contributed by atoms with E-state index in [9.17, 15) is 30.0 Å². The van der Waals surface area contributed by atoms with Crippen LogP contribution in [0.3, 0.4) is 0 Å². The number of ether oxygens (including phenoxy) is 3. The maximum atomic E-state index is 13.6. The van der Waals surface area contributed by atoms with E-state index in [-0.39, 0.29) is 53.0 Å². The van der Waals surface area contributed by atoms with Gasteiger partial charge in [-0.2, -0.15) is 0 Å². The Morgan fingerprint density at radius 1 is 1.00 bits per heavy atom. The summed E-state index contributed by atoms with van der Waals surface area (Å²) in [5, 5.41) is 41.9. The van der Waals surface area contributed by atoms with Gasteiger partial charge in [-0.25, -0.2) is 4.79 Å². The van der Waals surface area contributed by atoms with Crippen LogP contribution >= 0.6 is 0 Å². The fourth-order valence-corrected chi connectivity index (χ4v) is 4.89. The second kappa shape index (κ2) is 11.9. The summed E-state index contributed by atoms with van der Waals surface area (Å²) < 4.78 is 32.4. The van der Waals surface area contributed by atoms with Crippen molar-refractivity contribution in [1.29, 1.82) is 0 Å². The Bertz CT molecular complexity index is 1580. The first-order valence-electron chi connectivity index (χ1n) is 12.9. The number of ketones is 1. The number of Topliss-reactive ketones (excluding diaryl/α,β-unsaturated/α-hetero) is 1. The third-order valence-corrected chi connectivity index (χ3v) is 7.18. The molecule has 0 radical (unpaired) electrons. The summed E-state index contributed by atoms with van der Waals surface area (Å²) in [6.07, 6.45) is -5.12. The highest BCUT2D eigenvalue weighted by Crippen LogP contribution is 2.41. The maximum Gasteiger partial charge on any atom is 0.519 e. The Morgan fingerprint density at radius 3 is 2.51 bits per heavy atom.